The molecular weight excluding hydrogens is 256 g/mol. The van der Waals surface area contributed by atoms with E-state index in [1.54, 1.807) is 0 Å². The number of carbonyl (C=O) groups excluding carboxylic acids is 1. The molecule has 1 amide bonds. The summed E-state index contributed by atoms with van der Waals surface area (Å²) in [5.41, 5.74) is 0. The number of hydrogen-bond donors (Lipinski definition) is 0. The molecule has 0 aromatic carbocycles. The Hall–Kier alpha value is -0.220. The van der Waals surface area contributed by atoms with Crippen LogP contribution >= 0.6 is 11.8 Å². The molecule has 0 N–H and O–H groups in total. The second-order valence-corrected chi connectivity index (χ2v) is 7.28. The van der Waals surface area contributed by atoms with Gasteiger partial charge in [0.2, 0.25) is 5.91 Å². The first-order valence-corrected chi connectivity index (χ1v) is 8.94. The second kappa shape index (κ2) is 7.53. The Balaban J connectivity index is 1.97. The average molecular weight is 284 g/mol. The van der Waals surface area contributed by atoms with Gasteiger partial charge in [-0.3, -0.25) is 4.79 Å². The van der Waals surface area contributed by atoms with Crippen LogP contribution in [0.4, 0.5) is 0 Å². The summed E-state index contributed by atoms with van der Waals surface area (Å²) < 4.78 is 0. The summed E-state index contributed by atoms with van der Waals surface area (Å²) in [7, 11) is 0. The molecule has 1 atom stereocenters. The average Bonchev–Trinajstić information content (AvgIpc) is 2.64. The van der Waals surface area contributed by atoms with Crippen molar-refractivity contribution in [3.8, 4) is 0 Å². The highest BCUT2D eigenvalue weighted by atomic mass is 32.2. The number of thioether (sulfide) groups is 1. The van der Waals surface area contributed by atoms with Crippen molar-refractivity contribution in [2.75, 3.05) is 37.7 Å². The first-order valence-electron chi connectivity index (χ1n) is 7.79. The number of rotatable bonds is 3. The molecule has 2 fully saturated rings. The normalized spacial score (nSPS) is 26.5. The lowest BCUT2D eigenvalue weighted by atomic mass is 10.1. The first kappa shape index (κ1) is 15.2. The molecule has 0 spiro atoms. The third kappa shape index (κ3) is 4.38. The zero-order valence-corrected chi connectivity index (χ0v) is 13.3. The van der Waals surface area contributed by atoms with Crippen molar-refractivity contribution in [1.82, 2.24) is 9.80 Å². The van der Waals surface area contributed by atoms with Gasteiger partial charge in [-0.2, -0.15) is 11.8 Å². The van der Waals surface area contributed by atoms with Gasteiger partial charge in [-0.15, -0.1) is 0 Å². The minimum atomic E-state index is 0.131. The van der Waals surface area contributed by atoms with Crippen molar-refractivity contribution in [2.45, 2.75) is 45.6 Å². The fourth-order valence-electron chi connectivity index (χ4n) is 3.04. The standard InChI is InChI=1S/C15H28N2OS/c1-13(2)15(18)17-9-6-10-19-12-14(17)11-16-7-4-3-5-8-16/h13-14H,3-12H2,1-2H3. The Bertz CT molecular complexity index is 290. The van der Waals surface area contributed by atoms with Gasteiger partial charge in [-0.25, -0.2) is 0 Å². The van der Waals surface area contributed by atoms with Crippen LogP contribution in [0.15, 0.2) is 0 Å². The fraction of sp³-hybridized carbons (Fsp3) is 0.933. The van der Waals surface area contributed by atoms with Crippen molar-refractivity contribution in [3.63, 3.8) is 0 Å². The number of hydrogen-bond acceptors (Lipinski definition) is 3. The van der Waals surface area contributed by atoms with E-state index in [0.29, 0.717) is 11.9 Å². The minimum absolute atomic E-state index is 0.131. The number of piperidine rings is 1. The summed E-state index contributed by atoms with van der Waals surface area (Å²) in [4.78, 5) is 17.2. The van der Waals surface area contributed by atoms with Crippen LogP contribution in [0, 0.1) is 5.92 Å². The molecule has 110 valence electrons. The molecule has 2 heterocycles. The van der Waals surface area contributed by atoms with E-state index in [1.807, 2.05) is 25.6 Å². The molecule has 2 aliphatic rings. The molecule has 1 unspecified atom stereocenters. The Morgan fingerprint density at radius 1 is 1.16 bits per heavy atom. The summed E-state index contributed by atoms with van der Waals surface area (Å²) in [6, 6.07) is 0.431. The van der Waals surface area contributed by atoms with Crippen LogP contribution in [0.25, 0.3) is 0 Å². The topological polar surface area (TPSA) is 23.6 Å². The predicted molar refractivity (Wildman–Crippen MR) is 82.6 cm³/mol. The summed E-state index contributed by atoms with van der Waals surface area (Å²) in [6.45, 7) is 8.56. The highest BCUT2D eigenvalue weighted by molar-refractivity contribution is 7.99. The number of likely N-dealkylation sites (tertiary alicyclic amines) is 1. The molecule has 2 saturated heterocycles. The molecule has 4 heteroatoms. The summed E-state index contributed by atoms with van der Waals surface area (Å²) in [6.07, 6.45) is 5.19. The van der Waals surface area contributed by atoms with Crippen molar-refractivity contribution >= 4 is 17.7 Å². The number of nitrogens with zero attached hydrogens (tertiary/aromatic N) is 2. The van der Waals surface area contributed by atoms with Gasteiger partial charge in [-0.05, 0) is 38.1 Å². The van der Waals surface area contributed by atoms with Gasteiger partial charge >= 0.3 is 0 Å². The molecule has 0 radical (unpaired) electrons. The molecule has 0 bridgehead atoms. The van der Waals surface area contributed by atoms with Crippen LogP contribution < -0.4 is 0 Å². The minimum Gasteiger partial charge on any atom is -0.337 e. The van der Waals surface area contributed by atoms with Crippen LogP contribution in [0.5, 0.6) is 0 Å². The van der Waals surface area contributed by atoms with E-state index < -0.39 is 0 Å². The van der Waals surface area contributed by atoms with Crippen LogP contribution in [-0.4, -0.2) is 59.4 Å². The van der Waals surface area contributed by atoms with Crippen LogP contribution in [-0.2, 0) is 4.79 Å². The summed E-state index contributed by atoms with van der Waals surface area (Å²) in [5, 5.41) is 0. The van der Waals surface area contributed by atoms with E-state index in [0.717, 1.165) is 25.3 Å². The van der Waals surface area contributed by atoms with E-state index >= 15 is 0 Å². The Labute approximate surface area is 122 Å². The quantitative estimate of drug-likeness (QED) is 0.795. The third-order valence-corrected chi connectivity index (χ3v) is 5.33. The largest absolute Gasteiger partial charge is 0.337 e. The van der Waals surface area contributed by atoms with Crippen LogP contribution in [0.1, 0.15) is 39.5 Å². The Morgan fingerprint density at radius 2 is 1.89 bits per heavy atom. The fourth-order valence-corrected chi connectivity index (χ4v) is 4.10. The maximum absolute atomic E-state index is 12.4. The van der Waals surface area contributed by atoms with E-state index in [1.165, 1.54) is 38.1 Å². The molecule has 2 aliphatic heterocycles. The van der Waals surface area contributed by atoms with E-state index in [9.17, 15) is 4.79 Å². The first-order chi connectivity index (χ1) is 9.18. The highest BCUT2D eigenvalue weighted by Gasteiger charge is 2.28. The second-order valence-electron chi connectivity index (χ2n) is 6.13. The van der Waals surface area contributed by atoms with Gasteiger partial charge in [0.1, 0.15) is 0 Å². The Morgan fingerprint density at radius 3 is 2.58 bits per heavy atom. The van der Waals surface area contributed by atoms with Gasteiger partial charge in [0, 0.05) is 24.8 Å². The van der Waals surface area contributed by atoms with Gasteiger partial charge in [-0.1, -0.05) is 20.3 Å². The maximum Gasteiger partial charge on any atom is 0.225 e. The lowest BCUT2D eigenvalue weighted by Gasteiger charge is -2.36. The van der Waals surface area contributed by atoms with Gasteiger partial charge < -0.3 is 9.80 Å². The van der Waals surface area contributed by atoms with Crippen molar-refractivity contribution in [2.24, 2.45) is 5.92 Å². The van der Waals surface area contributed by atoms with Crippen molar-refractivity contribution in [1.29, 1.82) is 0 Å². The van der Waals surface area contributed by atoms with Gasteiger partial charge in [0.15, 0.2) is 0 Å². The van der Waals surface area contributed by atoms with Crippen LogP contribution in [0.3, 0.4) is 0 Å². The monoisotopic (exact) mass is 284 g/mol. The third-order valence-electron chi connectivity index (χ3n) is 4.13. The number of carbonyl (C=O) groups is 1. The molecular formula is C15H28N2OS. The molecule has 0 aliphatic carbocycles. The maximum atomic E-state index is 12.4. The van der Waals surface area contributed by atoms with Crippen LogP contribution in [0.2, 0.25) is 0 Å². The zero-order chi connectivity index (χ0) is 13.7. The molecule has 0 aromatic heterocycles. The SMILES string of the molecule is CC(C)C(=O)N1CCCSCC1CN1CCCCC1. The van der Waals surface area contributed by atoms with Crippen molar-refractivity contribution < 1.29 is 4.79 Å². The summed E-state index contributed by atoms with van der Waals surface area (Å²) in [5.74, 6) is 2.81. The van der Waals surface area contributed by atoms with Crippen molar-refractivity contribution in [3.05, 3.63) is 0 Å². The molecule has 0 saturated carbocycles. The molecule has 3 nitrogen and oxygen atoms in total. The summed E-state index contributed by atoms with van der Waals surface area (Å²) >= 11 is 2.02. The lowest BCUT2D eigenvalue weighted by molar-refractivity contribution is -0.136. The van der Waals surface area contributed by atoms with E-state index in [4.69, 9.17) is 0 Å². The number of amides is 1. The molecule has 2 rings (SSSR count). The molecule has 19 heavy (non-hydrogen) atoms. The van der Waals surface area contributed by atoms with E-state index in [-0.39, 0.29) is 5.92 Å². The zero-order valence-electron chi connectivity index (χ0n) is 12.4. The lowest BCUT2D eigenvalue weighted by Crippen LogP contribution is -2.50. The smallest absolute Gasteiger partial charge is 0.225 e. The highest BCUT2D eigenvalue weighted by Crippen LogP contribution is 2.20. The van der Waals surface area contributed by atoms with Gasteiger partial charge in [0.05, 0.1) is 6.04 Å². The Kier molecular flexibility index (Phi) is 6.02. The predicted octanol–water partition coefficient (Wildman–Crippen LogP) is 2.46. The van der Waals surface area contributed by atoms with Gasteiger partial charge in [0.25, 0.3) is 0 Å². The van der Waals surface area contributed by atoms with E-state index in [2.05, 4.69) is 9.80 Å². The molecule has 0 aromatic rings.